The summed E-state index contributed by atoms with van der Waals surface area (Å²) in [6.07, 6.45) is -3.01. The van der Waals surface area contributed by atoms with Gasteiger partial charge in [-0.15, -0.1) is 0 Å². The molecule has 0 bridgehead atoms. The first-order chi connectivity index (χ1) is 8.49. The van der Waals surface area contributed by atoms with Crippen LogP contribution in [0.2, 0.25) is 0 Å². The Morgan fingerprint density at radius 3 is 2.83 bits per heavy atom. The third-order valence-corrected chi connectivity index (χ3v) is 2.63. The van der Waals surface area contributed by atoms with Crippen LogP contribution in [0.1, 0.15) is 30.2 Å². The van der Waals surface area contributed by atoms with E-state index in [1.807, 2.05) is 6.07 Å². The number of rotatable bonds is 4. The van der Waals surface area contributed by atoms with Crippen molar-refractivity contribution in [3.05, 3.63) is 27.5 Å². The monoisotopic (exact) mass is 318 g/mol. The SMILES string of the molecule is CCOC(=O)Cc1cc(C(F)F)nc(Br)c1C#N. The summed E-state index contributed by atoms with van der Waals surface area (Å²) >= 11 is 2.94. The topological polar surface area (TPSA) is 63.0 Å². The van der Waals surface area contributed by atoms with Crippen LogP contribution >= 0.6 is 15.9 Å². The molecule has 0 saturated carbocycles. The maximum Gasteiger partial charge on any atom is 0.310 e. The van der Waals surface area contributed by atoms with Crippen molar-refractivity contribution in [2.24, 2.45) is 0 Å². The highest BCUT2D eigenvalue weighted by molar-refractivity contribution is 9.10. The highest BCUT2D eigenvalue weighted by Crippen LogP contribution is 2.25. The second-order valence-electron chi connectivity index (χ2n) is 3.27. The molecule has 0 atom stereocenters. The number of nitriles is 1. The first-order valence-electron chi connectivity index (χ1n) is 5.02. The largest absolute Gasteiger partial charge is 0.466 e. The minimum absolute atomic E-state index is 0.00194. The lowest BCUT2D eigenvalue weighted by atomic mass is 10.1. The number of carbonyl (C=O) groups excluding carboxylic acids is 1. The Morgan fingerprint density at radius 2 is 2.33 bits per heavy atom. The van der Waals surface area contributed by atoms with Crippen molar-refractivity contribution in [1.82, 2.24) is 4.98 Å². The lowest BCUT2D eigenvalue weighted by molar-refractivity contribution is -0.142. The Labute approximate surface area is 111 Å². The maximum atomic E-state index is 12.6. The predicted octanol–water partition coefficient (Wildman–Crippen LogP) is 2.76. The zero-order valence-electron chi connectivity index (χ0n) is 9.41. The van der Waals surface area contributed by atoms with E-state index in [4.69, 9.17) is 10.00 Å². The number of pyridine rings is 1. The number of nitrogens with zero attached hydrogens (tertiary/aromatic N) is 2. The number of halogens is 3. The molecule has 0 fully saturated rings. The van der Waals surface area contributed by atoms with Crippen LogP contribution in [0.15, 0.2) is 10.7 Å². The Balaban J connectivity index is 3.15. The van der Waals surface area contributed by atoms with E-state index in [1.165, 1.54) is 0 Å². The van der Waals surface area contributed by atoms with Gasteiger partial charge in [-0.2, -0.15) is 5.26 Å². The maximum absolute atomic E-state index is 12.6. The van der Waals surface area contributed by atoms with Crippen molar-refractivity contribution in [2.45, 2.75) is 19.8 Å². The van der Waals surface area contributed by atoms with E-state index in [-0.39, 0.29) is 28.8 Å². The summed E-state index contributed by atoms with van der Waals surface area (Å²) in [6.45, 7) is 1.82. The fourth-order valence-electron chi connectivity index (χ4n) is 1.32. The van der Waals surface area contributed by atoms with E-state index in [0.29, 0.717) is 0 Å². The molecule has 7 heteroatoms. The number of ether oxygens (including phenoxy) is 1. The van der Waals surface area contributed by atoms with Gasteiger partial charge in [0.25, 0.3) is 6.43 Å². The molecule has 1 rings (SSSR count). The van der Waals surface area contributed by atoms with Crippen molar-refractivity contribution in [1.29, 1.82) is 5.26 Å². The minimum atomic E-state index is -2.77. The van der Waals surface area contributed by atoms with Crippen LogP contribution < -0.4 is 0 Å². The number of alkyl halides is 2. The van der Waals surface area contributed by atoms with Crippen LogP contribution in [-0.4, -0.2) is 17.6 Å². The highest BCUT2D eigenvalue weighted by atomic mass is 79.9. The third-order valence-electron chi connectivity index (χ3n) is 2.05. The smallest absolute Gasteiger partial charge is 0.310 e. The van der Waals surface area contributed by atoms with Gasteiger partial charge in [-0.3, -0.25) is 4.79 Å². The fraction of sp³-hybridized carbons (Fsp3) is 0.364. The molecule has 0 aliphatic carbocycles. The van der Waals surface area contributed by atoms with Gasteiger partial charge in [-0.25, -0.2) is 13.8 Å². The van der Waals surface area contributed by atoms with Crippen LogP contribution in [0, 0.1) is 11.3 Å². The van der Waals surface area contributed by atoms with Gasteiger partial charge in [0, 0.05) is 0 Å². The summed E-state index contributed by atoms with van der Waals surface area (Å²) in [5.74, 6) is -0.577. The second-order valence-corrected chi connectivity index (χ2v) is 4.02. The summed E-state index contributed by atoms with van der Waals surface area (Å²) in [4.78, 5) is 14.9. The number of carbonyl (C=O) groups is 1. The molecule has 4 nitrogen and oxygen atoms in total. The van der Waals surface area contributed by atoms with Crippen molar-refractivity contribution >= 4 is 21.9 Å². The Kier molecular flexibility index (Phi) is 5.16. The van der Waals surface area contributed by atoms with Gasteiger partial charge in [-0.05, 0) is 34.5 Å². The molecule has 1 aromatic heterocycles. The number of aromatic nitrogens is 1. The predicted molar refractivity (Wildman–Crippen MR) is 61.9 cm³/mol. The fourth-order valence-corrected chi connectivity index (χ4v) is 1.87. The van der Waals surface area contributed by atoms with Gasteiger partial charge in [0.15, 0.2) is 0 Å². The van der Waals surface area contributed by atoms with Gasteiger partial charge in [0.1, 0.15) is 16.4 Å². The summed E-state index contributed by atoms with van der Waals surface area (Å²) in [7, 11) is 0. The van der Waals surface area contributed by atoms with Crippen molar-refractivity contribution in [2.75, 3.05) is 6.61 Å². The Bertz CT molecular complexity index is 501. The van der Waals surface area contributed by atoms with Gasteiger partial charge >= 0.3 is 5.97 Å². The number of hydrogen-bond donors (Lipinski definition) is 0. The summed E-state index contributed by atoms with van der Waals surface area (Å²) < 4.78 is 29.8. The molecule has 1 aromatic rings. The van der Waals surface area contributed by atoms with E-state index >= 15 is 0 Å². The van der Waals surface area contributed by atoms with Gasteiger partial charge < -0.3 is 4.74 Å². The van der Waals surface area contributed by atoms with Crippen molar-refractivity contribution < 1.29 is 18.3 Å². The van der Waals surface area contributed by atoms with Gasteiger partial charge in [0.2, 0.25) is 0 Å². The van der Waals surface area contributed by atoms with E-state index in [9.17, 15) is 13.6 Å². The molecule has 0 unspecified atom stereocenters. The molecular weight excluding hydrogens is 310 g/mol. The van der Waals surface area contributed by atoms with E-state index in [0.717, 1.165) is 6.07 Å². The Hall–Kier alpha value is -1.55. The molecule has 0 amide bonds. The molecule has 0 spiro atoms. The zero-order chi connectivity index (χ0) is 13.7. The molecule has 0 aliphatic heterocycles. The Morgan fingerprint density at radius 1 is 1.67 bits per heavy atom. The standard InChI is InChI=1S/C11H9BrF2N2O2/c1-2-18-9(17)4-6-3-8(11(13)14)16-10(12)7(6)5-15/h3,11H,2,4H2,1H3. The normalized spacial score (nSPS) is 10.2. The van der Waals surface area contributed by atoms with E-state index in [2.05, 4.69) is 20.9 Å². The molecule has 0 aliphatic rings. The first-order valence-corrected chi connectivity index (χ1v) is 5.82. The summed E-state index contributed by atoms with van der Waals surface area (Å²) in [5.41, 5.74) is -0.249. The van der Waals surface area contributed by atoms with Crippen LogP contribution in [0.25, 0.3) is 0 Å². The van der Waals surface area contributed by atoms with Gasteiger partial charge in [0.05, 0.1) is 18.6 Å². The van der Waals surface area contributed by atoms with Crippen molar-refractivity contribution in [3.63, 3.8) is 0 Å². The lowest BCUT2D eigenvalue weighted by Crippen LogP contribution is -2.10. The summed E-state index contributed by atoms with van der Waals surface area (Å²) in [6, 6.07) is 2.86. The molecule has 1 heterocycles. The average molecular weight is 319 g/mol. The minimum Gasteiger partial charge on any atom is -0.466 e. The van der Waals surface area contributed by atoms with Crippen LogP contribution in [0.4, 0.5) is 8.78 Å². The van der Waals surface area contributed by atoms with Crippen molar-refractivity contribution in [3.8, 4) is 6.07 Å². The van der Waals surface area contributed by atoms with Crippen LogP contribution in [-0.2, 0) is 16.0 Å². The first kappa shape index (κ1) is 14.5. The third kappa shape index (κ3) is 3.47. The molecule has 0 radical (unpaired) electrons. The summed E-state index contributed by atoms with van der Waals surface area (Å²) in [5, 5.41) is 8.91. The molecular formula is C11H9BrF2N2O2. The van der Waals surface area contributed by atoms with E-state index in [1.54, 1.807) is 6.92 Å². The lowest BCUT2D eigenvalue weighted by Gasteiger charge is -2.08. The number of esters is 1. The van der Waals surface area contributed by atoms with E-state index < -0.39 is 18.1 Å². The van der Waals surface area contributed by atoms with Crippen LogP contribution in [0.5, 0.6) is 0 Å². The zero-order valence-corrected chi connectivity index (χ0v) is 11.0. The molecule has 18 heavy (non-hydrogen) atoms. The van der Waals surface area contributed by atoms with Crippen LogP contribution in [0.3, 0.4) is 0 Å². The molecule has 0 saturated heterocycles. The number of hydrogen-bond acceptors (Lipinski definition) is 4. The quantitative estimate of drug-likeness (QED) is 0.632. The second kappa shape index (κ2) is 6.40. The van der Waals surface area contributed by atoms with Gasteiger partial charge in [-0.1, -0.05) is 0 Å². The molecule has 0 N–H and O–H groups in total. The molecule has 96 valence electrons. The molecule has 0 aromatic carbocycles. The highest BCUT2D eigenvalue weighted by Gasteiger charge is 2.18. The average Bonchev–Trinajstić information content (AvgIpc) is 2.28.